The lowest BCUT2D eigenvalue weighted by Crippen LogP contribution is -2.03. The predicted molar refractivity (Wildman–Crippen MR) is 131 cm³/mol. The van der Waals surface area contributed by atoms with Crippen molar-refractivity contribution >= 4 is 28.7 Å². The Balaban J connectivity index is 1.46. The number of benzene rings is 2. The lowest BCUT2D eigenvalue weighted by molar-refractivity contribution is 0.0702. The number of para-hydroxylation sites is 1. The van der Waals surface area contributed by atoms with Crippen molar-refractivity contribution in [3.05, 3.63) is 75.6 Å². The van der Waals surface area contributed by atoms with Crippen LogP contribution in [0.25, 0.3) is 16.8 Å². The summed E-state index contributed by atoms with van der Waals surface area (Å²) in [7, 11) is 0. The minimum atomic E-state index is -1.01. The lowest BCUT2D eigenvalue weighted by Gasteiger charge is -2.17. The number of phenols is 1. The van der Waals surface area contributed by atoms with Gasteiger partial charge in [0.05, 0.1) is 0 Å². The van der Waals surface area contributed by atoms with E-state index >= 15 is 0 Å². The van der Waals surface area contributed by atoms with E-state index in [2.05, 4.69) is 22.4 Å². The van der Waals surface area contributed by atoms with Crippen LogP contribution in [0.1, 0.15) is 39.2 Å². The summed E-state index contributed by atoms with van der Waals surface area (Å²) in [5.41, 5.74) is 5.92. The Morgan fingerprint density at radius 1 is 1.03 bits per heavy atom. The molecule has 0 saturated heterocycles. The zero-order chi connectivity index (χ0) is 23.8. The highest BCUT2D eigenvalue weighted by molar-refractivity contribution is 7.12. The van der Waals surface area contributed by atoms with Gasteiger partial charge in [0.2, 0.25) is 5.88 Å². The second kappa shape index (κ2) is 8.79. The zero-order valence-corrected chi connectivity index (χ0v) is 19.3. The first kappa shape index (κ1) is 21.9. The third kappa shape index (κ3) is 3.97. The van der Waals surface area contributed by atoms with E-state index in [1.807, 2.05) is 19.2 Å². The molecule has 0 saturated carbocycles. The van der Waals surface area contributed by atoms with E-state index in [0.29, 0.717) is 16.8 Å². The van der Waals surface area contributed by atoms with E-state index in [0.717, 1.165) is 35.4 Å². The maximum atomic E-state index is 11.2. The number of aromatic hydroxyl groups is 2. The smallest absolute Gasteiger partial charge is 0.345 e. The molecule has 4 aromatic rings. The monoisotopic (exact) mass is 473 g/mol. The molecule has 0 spiro atoms. The minimum absolute atomic E-state index is 0.0170. The van der Waals surface area contributed by atoms with Crippen LogP contribution in [0.2, 0.25) is 0 Å². The normalized spacial score (nSPS) is 13.3. The van der Waals surface area contributed by atoms with Crippen molar-refractivity contribution in [2.75, 3.05) is 0 Å². The Morgan fingerprint density at radius 3 is 2.59 bits per heavy atom. The number of carboxylic acid groups (broad SMARTS) is 1. The van der Waals surface area contributed by atoms with Crippen LogP contribution in [0.3, 0.4) is 0 Å². The number of thiophene rings is 1. The van der Waals surface area contributed by atoms with E-state index in [-0.39, 0.29) is 22.2 Å². The number of azo groups is 1. The van der Waals surface area contributed by atoms with Crippen LogP contribution in [-0.4, -0.2) is 25.9 Å². The summed E-state index contributed by atoms with van der Waals surface area (Å²) in [6.45, 7) is 1.85. The first-order chi connectivity index (χ1) is 16.4. The van der Waals surface area contributed by atoms with Gasteiger partial charge in [-0.2, -0.15) is 0 Å². The molecule has 5 rings (SSSR count). The summed E-state index contributed by atoms with van der Waals surface area (Å²) in [5.74, 6) is -1.13. The van der Waals surface area contributed by atoms with Gasteiger partial charge in [-0.3, -0.25) is 4.57 Å². The first-order valence-corrected chi connectivity index (χ1v) is 11.9. The summed E-state index contributed by atoms with van der Waals surface area (Å²) in [6, 6.07) is 12.8. The number of aromatic nitrogens is 1. The van der Waals surface area contributed by atoms with Crippen molar-refractivity contribution in [3.8, 4) is 28.4 Å². The molecule has 0 atom stereocenters. The number of rotatable bonds is 5. The van der Waals surface area contributed by atoms with E-state index in [1.54, 1.807) is 28.1 Å². The number of aromatic carboxylic acids is 1. The van der Waals surface area contributed by atoms with Crippen LogP contribution in [0, 0.1) is 6.92 Å². The van der Waals surface area contributed by atoms with E-state index in [4.69, 9.17) is 5.11 Å². The fraction of sp³-hybridized carbons (Fsp3) is 0.192. The Morgan fingerprint density at radius 2 is 1.82 bits per heavy atom. The summed E-state index contributed by atoms with van der Waals surface area (Å²) < 4.78 is 1.70. The third-order valence-corrected chi connectivity index (χ3v) is 7.06. The number of nitrogens with zero attached hydrogens (tertiary/aromatic N) is 3. The molecule has 0 fully saturated rings. The average Bonchev–Trinajstić information content (AvgIpc) is 3.43. The lowest BCUT2D eigenvalue weighted by atomic mass is 9.91. The molecule has 0 bridgehead atoms. The van der Waals surface area contributed by atoms with Gasteiger partial charge in [0.1, 0.15) is 10.6 Å². The Hall–Kier alpha value is -3.91. The highest BCUT2D eigenvalue weighted by Gasteiger charge is 2.17. The number of phenolic OH excluding ortho intramolecular Hbond substituents is 1. The van der Waals surface area contributed by atoms with Gasteiger partial charge >= 0.3 is 5.97 Å². The number of hydrogen-bond donors (Lipinski definition) is 3. The van der Waals surface area contributed by atoms with Crippen molar-refractivity contribution in [2.24, 2.45) is 10.2 Å². The standard InChI is InChI=1S/C26H23N3O4S/c1-15-13-29(19-10-9-16-5-2-3-6-17(16)11-19)25(31)23(15)28-27-21-8-4-7-20(24(21)30)18-12-22(26(32)33)34-14-18/h4,7-14,30-31H,2-3,5-6H2,1H3,(H,32,33). The molecule has 0 radical (unpaired) electrons. The second-order valence-electron chi connectivity index (χ2n) is 8.39. The van der Waals surface area contributed by atoms with Crippen LogP contribution in [0.4, 0.5) is 11.4 Å². The van der Waals surface area contributed by atoms with Gasteiger partial charge < -0.3 is 15.3 Å². The van der Waals surface area contributed by atoms with Gasteiger partial charge in [0.15, 0.2) is 11.4 Å². The van der Waals surface area contributed by atoms with Crippen molar-refractivity contribution in [3.63, 3.8) is 0 Å². The molecule has 34 heavy (non-hydrogen) atoms. The molecule has 2 heterocycles. The van der Waals surface area contributed by atoms with Crippen LogP contribution in [-0.2, 0) is 12.8 Å². The quantitative estimate of drug-likeness (QED) is 0.273. The summed E-state index contributed by atoms with van der Waals surface area (Å²) in [5, 5.41) is 40.9. The third-order valence-electron chi connectivity index (χ3n) is 6.14. The molecule has 0 aliphatic heterocycles. The van der Waals surface area contributed by atoms with Crippen LogP contribution < -0.4 is 0 Å². The fourth-order valence-corrected chi connectivity index (χ4v) is 5.08. The van der Waals surface area contributed by atoms with Crippen LogP contribution >= 0.6 is 11.3 Å². The molecule has 7 nitrogen and oxygen atoms in total. The number of hydrogen-bond acceptors (Lipinski definition) is 6. The second-order valence-corrected chi connectivity index (χ2v) is 9.30. The molecule has 8 heteroatoms. The Bertz CT molecular complexity index is 1430. The molecule has 0 amide bonds. The zero-order valence-electron chi connectivity index (χ0n) is 18.5. The molecular weight excluding hydrogens is 450 g/mol. The number of carboxylic acids is 1. The van der Waals surface area contributed by atoms with Gasteiger partial charge in [-0.05, 0) is 84.5 Å². The molecule has 172 valence electrons. The van der Waals surface area contributed by atoms with Gasteiger partial charge in [-0.1, -0.05) is 18.2 Å². The SMILES string of the molecule is Cc1cn(-c2ccc3c(c2)CCCC3)c(O)c1N=Nc1cccc(-c2csc(C(=O)O)c2)c1O. The molecule has 1 aliphatic rings. The van der Waals surface area contributed by atoms with Crippen molar-refractivity contribution in [1.29, 1.82) is 0 Å². The highest BCUT2D eigenvalue weighted by atomic mass is 32.1. The minimum Gasteiger partial charge on any atom is -0.505 e. The Labute approximate surface area is 200 Å². The van der Waals surface area contributed by atoms with Gasteiger partial charge in [0, 0.05) is 17.4 Å². The predicted octanol–water partition coefficient (Wildman–Crippen LogP) is 6.92. The maximum absolute atomic E-state index is 11.2. The maximum Gasteiger partial charge on any atom is 0.345 e. The topological polar surface area (TPSA) is 107 Å². The highest BCUT2D eigenvalue weighted by Crippen LogP contribution is 2.41. The fourth-order valence-electron chi connectivity index (χ4n) is 4.33. The number of fused-ring (bicyclic) bond motifs is 1. The van der Waals surface area contributed by atoms with E-state index in [1.165, 1.54) is 30.0 Å². The van der Waals surface area contributed by atoms with Gasteiger partial charge in [-0.25, -0.2) is 4.79 Å². The van der Waals surface area contributed by atoms with E-state index in [9.17, 15) is 15.0 Å². The first-order valence-electron chi connectivity index (χ1n) is 11.0. The largest absolute Gasteiger partial charge is 0.505 e. The molecule has 3 N–H and O–H groups in total. The summed E-state index contributed by atoms with van der Waals surface area (Å²) in [6.07, 6.45) is 6.36. The molecule has 1 aliphatic carbocycles. The van der Waals surface area contributed by atoms with Crippen LogP contribution in [0.15, 0.2) is 64.3 Å². The number of aryl methyl sites for hydroxylation is 3. The summed E-state index contributed by atoms with van der Waals surface area (Å²) in [4.78, 5) is 11.4. The Kier molecular flexibility index (Phi) is 5.67. The van der Waals surface area contributed by atoms with Crippen molar-refractivity contribution in [1.82, 2.24) is 4.57 Å². The molecular formula is C26H23N3O4S. The van der Waals surface area contributed by atoms with Crippen molar-refractivity contribution in [2.45, 2.75) is 32.6 Å². The summed E-state index contributed by atoms with van der Waals surface area (Å²) >= 11 is 1.09. The van der Waals surface area contributed by atoms with Crippen molar-refractivity contribution < 1.29 is 20.1 Å². The molecule has 2 aromatic carbocycles. The number of carbonyl (C=O) groups is 1. The average molecular weight is 474 g/mol. The molecule has 2 aromatic heterocycles. The van der Waals surface area contributed by atoms with E-state index < -0.39 is 5.97 Å². The molecule has 0 unspecified atom stereocenters. The van der Waals surface area contributed by atoms with Gasteiger partial charge in [0.25, 0.3) is 0 Å². The van der Waals surface area contributed by atoms with Gasteiger partial charge in [-0.15, -0.1) is 21.6 Å². The van der Waals surface area contributed by atoms with Crippen LogP contribution in [0.5, 0.6) is 11.6 Å².